The van der Waals surface area contributed by atoms with Crippen LogP contribution in [0.1, 0.15) is 42.2 Å². The van der Waals surface area contributed by atoms with Crippen LogP contribution >= 0.6 is 0 Å². The number of hydrogen-bond acceptors (Lipinski definition) is 4. The van der Waals surface area contributed by atoms with E-state index in [-0.39, 0.29) is 17.1 Å². The molecule has 1 amide bonds. The maximum atomic E-state index is 12.8. The maximum Gasteiger partial charge on any atom is 0.277 e. The monoisotopic (exact) mass is 339 g/mol. The van der Waals surface area contributed by atoms with Crippen LogP contribution in [0, 0.1) is 0 Å². The molecule has 25 heavy (non-hydrogen) atoms. The van der Waals surface area contributed by atoms with E-state index < -0.39 is 11.2 Å². The summed E-state index contributed by atoms with van der Waals surface area (Å²) in [5, 5.41) is 12.3. The minimum atomic E-state index is -0.528. The first-order chi connectivity index (χ1) is 12.0. The summed E-state index contributed by atoms with van der Waals surface area (Å²) in [5.41, 5.74) is 0.328. The molecule has 1 aromatic heterocycles. The minimum absolute atomic E-state index is 0.0582. The molecule has 2 aliphatic heterocycles. The van der Waals surface area contributed by atoms with Gasteiger partial charge < -0.3 is 10.0 Å². The first kappa shape index (κ1) is 15.7. The van der Waals surface area contributed by atoms with Gasteiger partial charge in [0.25, 0.3) is 5.91 Å². The average Bonchev–Trinajstić information content (AvgIpc) is 2.62. The van der Waals surface area contributed by atoms with Crippen molar-refractivity contribution in [2.24, 2.45) is 0 Å². The molecule has 1 saturated heterocycles. The molecule has 1 aromatic carbocycles. The Kier molecular flexibility index (Phi) is 3.56. The van der Waals surface area contributed by atoms with Gasteiger partial charge in [-0.3, -0.25) is 19.3 Å². The van der Waals surface area contributed by atoms with Crippen molar-refractivity contribution in [2.45, 2.75) is 31.7 Å². The molecule has 1 fully saturated rings. The van der Waals surface area contributed by atoms with Crippen LogP contribution in [-0.2, 0) is 5.54 Å². The fourth-order valence-electron chi connectivity index (χ4n) is 3.92. The lowest BCUT2D eigenvalue weighted by molar-refractivity contribution is 0.0617. The first-order valence-corrected chi connectivity index (χ1v) is 8.60. The zero-order chi connectivity index (χ0) is 17.6. The molecule has 0 aliphatic carbocycles. The summed E-state index contributed by atoms with van der Waals surface area (Å²) >= 11 is 0. The number of aromatic hydroxyl groups is 1. The molecule has 3 heterocycles. The summed E-state index contributed by atoms with van der Waals surface area (Å²) in [7, 11) is 0. The zero-order valence-corrected chi connectivity index (χ0v) is 14.2. The number of benzene rings is 1. The number of carbonyl (C=O) groups excluding carboxylic acids is 1. The number of pyridine rings is 1. The van der Waals surface area contributed by atoms with Gasteiger partial charge in [-0.1, -0.05) is 30.3 Å². The molecule has 6 nitrogen and oxygen atoms in total. The lowest BCUT2D eigenvalue weighted by atomic mass is 9.85. The molecule has 0 spiro atoms. The van der Waals surface area contributed by atoms with Crippen LogP contribution in [0.15, 0.2) is 47.4 Å². The smallest absolute Gasteiger partial charge is 0.277 e. The third kappa shape index (κ3) is 2.32. The second kappa shape index (κ2) is 5.65. The Morgan fingerprint density at radius 3 is 2.60 bits per heavy atom. The van der Waals surface area contributed by atoms with Crippen molar-refractivity contribution >= 4 is 5.91 Å². The van der Waals surface area contributed by atoms with Gasteiger partial charge in [-0.2, -0.15) is 0 Å². The summed E-state index contributed by atoms with van der Waals surface area (Å²) in [6.07, 6.45) is 4.41. The summed E-state index contributed by atoms with van der Waals surface area (Å²) in [6, 6.07) is 11.5. The molecular weight excluding hydrogens is 318 g/mol. The molecule has 6 heteroatoms. The van der Waals surface area contributed by atoms with E-state index in [2.05, 4.69) is 24.1 Å². The maximum absolute atomic E-state index is 12.8. The largest absolute Gasteiger partial charge is 0.502 e. The quantitative estimate of drug-likeness (QED) is 0.863. The highest BCUT2D eigenvalue weighted by atomic mass is 16.3. The molecule has 1 N–H and O–H groups in total. The zero-order valence-electron chi connectivity index (χ0n) is 14.2. The number of nitrogens with zero attached hydrogens (tertiary/aromatic N) is 3. The fourth-order valence-corrected chi connectivity index (χ4v) is 3.92. The standard InChI is InChI=1S/C19H21N3O3/c1-19(14-7-3-2-4-8-14)10-5-6-11-20-13-22(19)21-12-9-15(23)17(24)16(21)18(20)25/h2-4,7-9,12,24H,5-6,10-11,13H2,1H3. The molecule has 130 valence electrons. The van der Waals surface area contributed by atoms with Crippen LogP contribution in [0.4, 0.5) is 0 Å². The van der Waals surface area contributed by atoms with E-state index in [0.29, 0.717) is 13.2 Å². The second-order valence-electron chi connectivity index (χ2n) is 6.93. The van der Waals surface area contributed by atoms with E-state index in [9.17, 15) is 14.7 Å². The molecule has 2 aliphatic rings. The Labute approximate surface area is 145 Å². The van der Waals surface area contributed by atoms with Crippen molar-refractivity contribution in [1.29, 1.82) is 0 Å². The third-order valence-electron chi connectivity index (χ3n) is 5.42. The van der Waals surface area contributed by atoms with Crippen molar-refractivity contribution < 1.29 is 9.90 Å². The van der Waals surface area contributed by atoms with Gasteiger partial charge in [0.2, 0.25) is 5.43 Å². The highest BCUT2D eigenvalue weighted by Gasteiger charge is 2.42. The summed E-state index contributed by atoms with van der Waals surface area (Å²) in [4.78, 5) is 26.4. The van der Waals surface area contributed by atoms with Gasteiger partial charge in [0.1, 0.15) is 6.67 Å². The van der Waals surface area contributed by atoms with Crippen LogP contribution in [0.3, 0.4) is 0 Å². The van der Waals surface area contributed by atoms with Crippen molar-refractivity contribution in [3.05, 3.63) is 64.1 Å². The normalized spacial score (nSPS) is 23.0. The lowest BCUT2D eigenvalue weighted by Crippen LogP contribution is -2.62. The number of amides is 1. The Morgan fingerprint density at radius 2 is 1.84 bits per heavy atom. The summed E-state index contributed by atoms with van der Waals surface area (Å²) < 4.78 is 1.66. The van der Waals surface area contributed by atoms with E-state index in [1.807, 2.05) is 18.2 Å². The number of carbonyl (C=O) groups is 1. The van der Waals surface area contributed by atoms with Gasteiger partial charge in [-0.15, -0.1) is 0 Å². The Hall–Kier alpha value is -2.76. The summed E-state index contributed by atoms with van der Waals surface area (Å²) in [6.45, 7) is 3.21. The minimum Gasteiger partial charge on any atom is -0.502 e. The van der Waals surface area contributed by atoms with Crippen molar-refractivity contribution in [3.8, 4) is 5.75 Å². The molecule has 1 atom stereocenters. The van der Waals surface area contributed by atoms with Crippen LogP contribution in [0.25, 0.3) is 0 Å². The third-order valence-corrected chi connectivity index (χ3v) is 5.42. The SMILES string of the molecule is CC1(c2ccccc2)CCCCN2CN1n1ccc(=O)c(O)c1C2=O. The van der Waals surface area contributed by atoms with Gasteiger partial charge in [-0.25, -0.2) is 0 Å². The molecule has 4 rings (SSSR count). The van der Waals surface area contributed by atoms with Gasteiger partial charge in [0.05, 0.1) is 5.54 Å². The lowest BCUT2D eigenvalue weighted by Gasteiger charge is -2.51. The van der Waals surface area contributed by atoms with Gasteiger partial charge in [0.15, 0.2) is 11.4 Å². The van der Waals surface area contributed by atoms with Crippen LogP contribution in [-0.4, -0.2) is 33.8 Å². The van der Waals surface area contributed by atoms with Crippen molar-refractivity contribution in [3.63, 3.8) is 0 Å². The van der Waals surface area contributed by atoms with E-state index in [0.717, 1.165) is 24.8 Å². The van der Waals surface area contributed by atoms with Gasteiger partial charge in [0, 0.05) is 18.8 Å². The van der Waals surface area contributed by atoms with Crippen LogP contribution in [0.5, 0.6) is 5.75 Å². The number of hydrogen-bond donors (Lipinski definition) is 1. The Bertz CT molecular complexity index is 877. The topological polar surface area (TPSA) is 65.8 Å². The van der Waals surface area contributed by atoms with Gasteiger partial charge in [-0.05, 0) is 31.7 Å². The van der Waals surface area contributed by atoms with Crippen molar-refractivity contribution in [2.75, 3.05) is 18.2 Å². The highest BCUT2D eigenvalue weighted by Crippen LogP contribution is 2.37. The average molecular weight is 339 g/mol. The molecular formula is C19H21N3O3. The fraction of sp³-hybridized carbons (Fsp3) is 0.368. The van der Waals surface area contributed by atoms with E-state index in [1.165, 1.54) is 6.07 Å². The van der Waals surface area contributed by atoms with E-state index >= 15 is 0 Å². The van der Waals surface area contributed by atoms with Crippen molar-refractivity contribution in [1.82, 2.24) is 9.58 Å². The van der Waals surface area contributed by atoms with Gasteiger partial charge >= 0.3 is 0 Å². The molecule has 0 radical (unpaired) electrons. The highest BCUT2D eigenvalue weighted by molar-refractivity contribution is 5.96. The number of fused-ring (bicyclic) bond motifs is 4. The predicted octanol–water partition coefficient (Wildman–Crippen LogP) is 2.00. The predicted molar refractivity (Wildman–Crippen MR) is 94.1 cm³/mol. The van der Waals surface area contributed by atoms with E-state index in [1.54, 1.807) is 15.8 Å². The van der Waals surface area contributed by atoms with Crippen LogP contribution in [0.2, 0.25) is 0 Å². The molecule has 2 aromatic rings. The Balaban J connectivity index is 1.95. The molecule has 1 unspecified atom stereocenters. The first-order valence-electron chi connectivity index (χ1n) is 8.60. The number of aromatic nitrogens is 1. The van der Waals surface area contributed by atoms with E-state index in [4.69, 9.17) is 0 Å². The van der Waals surface area contributed by atoms with Crippen LogP contribution < -0.4 is 10.4 Å². The molecule has 0 saturated carbocycles. The molecule has 2 bridgehead atoms. The Morgan fingerprint density at radius 1 is 1.08 bits per heavy atom. The second-order valence-corrected chi connectivity index (χ2v) is 6.93. The summed E-state index contributed by atoms with van der Waals surface area (Å²) in [5.74, 6) is -0.762. The number of rotatable bonds is 1.